The zero-order valence-corrected chi connectivity index (χ0v) is 9.77. The van der Waals surface area contributed by atoms with Gasteiger partial charge in [0.25, 0.3) is 0 Å². The molecule has 0 heterocycles. The average Bonchev–Trinajstić information content (AvgIpc) is 2.31. The van der Waals surface area contributed by atoms with E-state index < -0.39 is 0 Å². The minimum absolute atomic E-state index is 0.0116. The Hall–Kier alpha value is -1.14. The number of aliphatic hydroxyl groups is 1. The molecule has 0 aliphatic heterocycles. The van der Waals surface area contributed by atoms with E-state index in [-0.39, 0.29) is 31.4 Å². The molecule has 1 N–H and O–H groups in total. The lowest BCUT2D eigenvalue weighted by atomic mass is 10.3. The summed E-state index contributed by atoms with van der Waals surface area (Å²) >= 11 is 0. The first kappa shape index (κ1) is 14.9. The highest BCUT2D eigenvalue weighted by atomic mass is 16.5. The molecule has 0 saturated carbocycles. The molecule has 0 spiro atoms. The Kier molecular flexibility index (Phi) is 8.46. The maximum Gasteiger partial charge on any atom is 0.306 e. The molecule has 0 aliphatic rings. The van der Waals surface area contributed by atoms with E-state index in [0.29, 0.717) is 19.6 Å². The van der Waals surface area contributed by atoms with Gasteiger partial charge in [-0.15, -0.1) is 0 Å². The van der Waals surface area contributed by atoms with Crippen molar-refractivity contribution in [2.45, 2.75) is 12.8 Å². The second-order valence-corrected chi connectivity index (χ2v) is 3.22. The number of methoxy groups -OCH3 is 2. The van der Waals surface area contributed by atoms with Gasteiger partial charge in [-0.2, -0.15) is 0 Å². The largest absolute Gasteiger partial charge is 0.469 e. The van der Waals surface area contributed by atoms with Gasteiger partial charge in [0, 0.05) is 19.6 Å². The third-order valence-electron chi connectivity index (χ3n) is 2.14. The van der Waals surface area contributed by atoms with Gasteiger partial charge in [-0.25, -0.2) is 0 Å². The van der Waals surface area contributed by atoms with E-state index >= 15 is 0 Å². The van der Waals surface area contributed by atoms with Gasteiger partial charge >= 0.3 is 11.9 Å². The highest BCUT2D eigenvalue weighted by Gasteiger charge is 2.10. The lowest BCUT2D eigenvalue weighted by Gasteiger charge is -2.19. The van der Waals surface area contributed by atoms with Crippen molar-refractivity contribution in [1.82, 2.24) is 4.90 Å². The monoisotopic (exact) mass is 233 g/mol. The summed E-state index contributed by atoms with van der Waals surface area (Å²) in [5.74, 6) is -0.609. The molecule has 0 atom stereocenters. The molecule has 6 nitrogen and oxygen atoms in total. The summed E-state index contributed by atoms with van der Waals surface area (Å²) in [5, 5.41) is 8.81. The summed E-state index contributed by atoms with van der Waals surface area (Å²) in [4.78, 5) is 23.6. The van der Waals surface area contributed by atoms with Crippen LogP contribution >= 0.6 is 0 Å². The Morgan fingerprint density at radius 2 is 1.44 bits per heavy atom. The fourth-order valence-electron chi connectivity index (χ4n) is 1.18. The van der Waals surface area contributed by atoms with Gasteiger partial charge in [0.2, 0.25) is 0 Å². The predicted octanol–water partition coefficient (Wildman–Crippen LogP) is -0.593. The number of ether oxygens (including phenoxy) is 2. The van der Waals surface area contributed by atoms with E-state index in [9.17, 15) is 9.59 Å². The van der Waals surface area contributed by atoms with Gasteiger partial charge in [0.05, 0.1) is 33.7 Å². The normalized spacial score (nSPS) is 10.2. The van der Waals surface area contributed by atoms with Crippen molar-refractivity contribution in [2.75, 3.05) is 40.5 Å². The minimum atomic E-state index is -0.305. The number of hydrogen-bond acceptors (Lipinski definition) is 6. The van der Waals surface area contributed by atoms with Crippen molar-refractivity contribution >= 4 is 11.9 Å². The van der Waals surface area contributed by atoms with Crippen LogP contribution in [0.3, 0.4) is 0 Å². The van der Waals surface area contributed by atoms with Gasteiger partial charge in [-0.1, -0.05) is 0 Å². The quantitative estimate of drug-likeness (QED) is 0.565. The lowest BCUT2D eigenvalue weighted by Crippen LogP contribution is -2.31. The molecule has 0 aromatic heterocycles. The highest BCUT2D eigenvalue weighted by Crippen LogP contribution is 1.96. The minimum Gasteiger partial charge on any atom is -0.469 e. The van der Waals surface area contributed by atoms with E-state index in [1.54, 1.807) is 0 Å². The Morgan fingerprint density at radius 1 is 1.00 bits per heavy atom. The molecule has 0 radical (unpaired) electrons. The Balaban J connectivity index is 3.87. The summed E-state index contributed by atoms with van der Waals surface area (Å²) < 4.78 is 9.01. The van der Waals surface area contributed by atoms with Gasteiger partial charge < -0.3 is 14.6 Å². The molecule has 0 aromatic rings. The number of rotatable bonds is 8. The number of nitrogens with zero attached hydrogens (tertiary/aromatic N) is 1. The molecular weight excluding hydrogens is 214 g/mol. The second kappa shape index (κ2) is 9.11. The van der Waals surface area contributed by atoms with Crippen molar-refractivity contribution in [2.24, 2.45) is 0 Å². The van der Waals surface area contributed by atoms with Crippen LogP contribution in [0.25, 0.3) is 0 Å². The molecule has 6 heteroatoms. The number of hydrogen-bond donors (Lipinski definition) is 1. The zero-order valence-electron chi connectivity index (χ0n) is 9.77. The molecular formula is C10H19NO5. The van der Waals surface area contributed by atoms with Crippen molar-refractivity contribution in [3.05, 3.63) is 0 Å². The fraction of sp³-hybridized carbons (Fsp3) is 0.800. The van der Waals surface area contributed by atoms with Crippen LogP contribution in [-0.2, 0) is 19.1 Å². The first-order valence-corrected chi connectivity index (χ1v) is 5.11. The third-order valence-corrected chi connectivity index (χ3v) is 2.14. The maximum absolute atomic E-state index is 10.9. The summed E-state index contributed by atoms with van der Waals surface area (Å²) in [7, 11) is 2.65. The van der Waals surface area contributed by atoms with Crippen molar-refractivity contribution < 1.29 is 24.2 Å². The van der Waals surface area contributed by atoms with Crippen LogP contribution in [0.2, 0.25) is 0 Å². The van der Waals surface area contributed by atoms with Crippen LogP contribution in [0, 0.1) is 0 Å². The summed E-state index contributed by atoms with van der Waals surface area (Å²) in [6.07, 6.45) is 0.495. The standard InChI is InChI=1S/C10H19NO5/c1-15-9(13)3-5-11(7-8-12)6-4-10(14)16-2/h12H,3-8H2,1-2H3. The van der Waals surface area contributed by atoms with E-state index in [1.807, 2.05) is 4.90 Å². The maximum atomic E-state index is 10.9. The molecule has 0 unspecified atom stereocenters. The molecule has 0 saturated heterocycles. The average molecular weight is 233 g/mol. The number of aliphatic hydroxyl groups excluding tert-OH is 1. The molecule has 0 bridgehead atoms. The van der Waals surface area contributed by atoms with Crippen LogP contribution in [0.5, 0.6) is 0 Å². The van der Waals surface area contributed by atoms with Crippen molar-refractivity contribution in [1.29, 1.82) is 0 Å². The highest BCUT2D eigenvalue weighted by molar-refractivity contribution is 5.70. The third kappa shape index (κ3) is 7.19. The smallest absolute Gasteiger partial charge is 0.306 e. The first-order chi connectivity index (χ1) is 7.63. The Labute approximate surface area is 95.1 Å². The Morgan fingerprint density at radius 3 is 1.75 bits per heavy atom. The molecule has 0 rings (SSSR count). The Bertz CT molecular complexity index is 199. The van der Waals surface area contributed by atoms with E-state index in [0.717, 1.165) is 0 Å². The topological polar surface area (TPSA) is 76.1 Å². The predicted molar refractivity (Wildman–Crippen MR) is 56.8 cm³/mol. The van der Waals surface area contributed by atoms with Crippen LogP contribution < -0.4 is 0 Å². The first-order valence-electron chi connectivity index (χ1n) is 5.11. The molecule has 0 amide bonds. The van der Waals surface area contributed by atoms with Crippen LogP contribution in [-0.4, -0.2) is 62.4 Å². The molecule has 0 aromatic carbocycles. The molecule has 94 valence electrons. The molecule has 0 fully saturated rings. The van der Waals surface area contributed by atoms with E-state index in [1.165, 1.54) is 14.2 Å². The van der Waals surface area contributed by atoms with Crippen molar-refractivity contribution in [3.8, 4) is 0 Å². The molecule has 16 heavy (non-hydrogen) atoms. The number of esters is 2. The van der Waals surface area contributed by atoms with Crippen molar-refractivity contribution in [3.63, 3.8) is 0 Å². The van der Waals surface area contributed by atoms with Gasteiger partial charge in [0.15, 0.2) is 0 Å². The second-order valence-electron chi connectivity index (χ2n) is 3.22. The van der Waals surface area contributed by atoms with Gasteiger partial charge in [0.1, 0.15) is 0 Å². The van der Waals surface area contributed by atoms with Crippen LogP contribution in [0.1, 0.15) is 12.8 Å². The van der Waals surface area contributed by atoms with E-state index in [4.69, 9.17) is 5.11 Å². The van der Waals surface area contributed by atoms with Gasteiger partial charge in [-0.05, 0) is 0 Å². The number of carbonyl (C=O) groups excluding carboxylic acids is 2. The van der Waals surface area contributed by atoms with Gasteiger partial charge in [-0.3, -0.25) is 14.5 Å². The zero-order chi connectivity index (χ0) is 12.4. The fourth-order valence-corrected chi connectivity index (χ4v) is 1.18. The summed E-state index contributed by atoms with van der Waals surface area (Å²) in [6.45, 7) is 1.34. The van der Waals surface area contributed by atoms with Crippen LogP contribution in [0.15, 0.2) is 0 Å². The SMILES string of the molecule is COC(=O)CCN(CCO)CCC(=O)OC. The van der Waals surface area contributed by atoms with E-state index in [2.05, 4.69) is 9.47 Å². The van der Waals surface area contributed by atoms with Crippen LogP contribution in [0.4, 0.5) is 0 Å². The molecule has 0 aliphatic carbocycles. The number of carbonyl (C=O) groups is 2. The summed E-state index contributed by atoms with van der Waals surface area (Å²) in [5.41, 5.74) is 0. The summed E-state index contributed by atoms with van der Waals surface area (Å²) in [6, 6.07) is 0. The lowest BCUT2D eigenvalue weighted by molar-refractivity contribution is -0.141.